The van der Waals surface area contributed by atoms with Crippen LogP contribution in [0, 0.1) is 11.3 Å². The van der Waals surface area contributed by atoms with Gasteiger partial charge < -0.3 is 5.32 Å². The van der Waals surface area contributed by atoms with Crippen molar-refractivity contribution in [3.05, 3.63) is 65.0 Å². The number of aromatic nitrogens is 1. The molecule has 10 heteroatoms. The van der Waals surface area contributed by atoms with Gasteiger partial charge in [0.05, 0.1) is 11.1 Å². The third-order valence-corrected chi connectivity index (χ3v) is 5.85. The highest BCUT2D eigenvalue weighted by Gasteiger charge is 2.45. The molecule has 0 radical (unpaired) electrons. The van der Waals surface area contributed by atoms with Gasteiger partial charge in [-0.1, -0.05) is 26.0 Å². The molecule has 1 fully saturated rings. The molecule has 172 valence electrons. The monoisotopic (exact) mass is 458 g/mol. The summed E-state index contributed by atoms with van der Waals surface area (Å²) in [4.78, 5) is 28.8. The summed E-state index contributed by atoms with van der Waals surface area (Å²) in [6.45, 7) is 3.26. The largest absolute Gasteiger partial charge is 0.416 e. The van der Waals surface area contributed by atoms with Gasteiger partial charge in [-0.3, -0.25) is 14.6 Å². The maximum atomic E-state index is 12.9. The number of rotatable bonds is 5. The van der Waals surface area contributed by atoms with Gasteiger partial charge in [0.1, 0.15) is 5.69 Å². The van der Waals surface area contributed by atoms with Crippen LogP contribution in [0.1, 0.15) is 58.7 Å². The number of pyridine rings is 1. The van der Waals surface area contributed by atoms with Crippen LogP contribution in [0.25, 0.3) is 0 Å². The van der Waals surface area contributed by atoms with Gasteiger partial charge in [0.2, 0.25) is 0 Å². The number of Topliss-reactive ketones (excluding diaryl/α,β-unsaturated/α-hetero) is 1. The molecular formula is C22H20F6N2O2. The average molecular weight is 458 g/mol. The van der Waals surface area contributed by atoms with Crippen molar-refractivity contribution in [1.29, 1.82) is 0 Å². The van der Waals surface area contributed by atoms with Crippen molar-refractivity contribution in [2.75, 3.05) is 0 Å². The van der Waals surface area contributed by atoms with Gasteiger partial charge in [0.15, 0.2) is 5.78 Å². The minimum atomic E-state index is -4.60. The van der Waals surface area contributed by atoms with E-state index >= 15 is 0 Å². The summed E-state index contributed by atoms with van der Waals surface area (Å²) in [7, 11) is 0. The molecule has 1 aliphatic carbocycles. The maximum absolute atomic E-state index is 12.9. The summed E-state index contributed by atoms with van der Waals surface area (Å²) in [6.07, 6.45) is -7.54. The number of amides is 1. The average Bonchev–Trinajstić information content (AvgIpc) is 2.68. The molecule has 1 N–H and O–H groups in total. The first-order valence-electron chi connectivity index (χ1n) is 9.76. The number of nitrogens with one attached hydrogen (secondary N) is 1. The van der Waals surface area contributed by atoms with E-state index in [1.807, 2.05) is 0 Å². The lowest BCUT2D eigenvalue weighted by Gasteiger charge is -2.44. The normalized spacial score (nSPS) is 19.2. The summed E-state index contributed by atoms with van der Waals surface area (Å²) in [5.41, 5.74) is -3.31. The van der Waals surface area contributed by atoms with Gasteiger partial charge in [-0.05, 0) is 43.0 Å². The molecule has 0 unspecified atom stereocenters. The maximum Gasteiger partial charge on any atom is 0.416 e. The first-order valence-corrected chi connectivity index (χ1v) is 9.76. The lowest BCUT2D eigenvalue weighted by atomic mass is 9.62. The third kappa shape index (κ3) is 4.94. The molecule has 32 heavy (non-hydrogen) atoms. The number of carbonyl (C=O) groups excluding carboxylic acids is 2. The summed E-state index contributed by atoms with van der Waals surface area (Å²) in [5, 5.41) is 2.59. The number of nitrogens with zero attached hydrogens (tertiary/aromatic N) is 1. The predicted octanol–water partition coefficient (Wildman–Crippen LogP) is 5.54. The van der Waals surface area contributed by atoms with Crippen LogP contribution in [0.2, 0.25) is 0 Å². The van der Waals surface area contributed by atoms with Crippen molar-refractivity contribution >= 4 is 11.7 Å². The molecular weight excluding hydrogens is 438 g/mol. The van der Waals surface area contributed by atoms with Crippen LogP contribution in [-0.2, 0) is 12.4 Å². The minimum absolute atomic E-state index is 0.0505. The molecule has 0 saturated heterocycles. The Kier molecular flexibility index (Phi) is 6.10. The standard InChI is InChI=1S/C22H20F6N2O2/c1-20(2,18(31)12-4-3-5-13(8-12)21(23,24)25)15-9-16(10-15)30-19(32)17-11-14(6-7-29-17)22(26,27)28/h3-8,11,15-16H,9-10H2,1-2H3,(H,30,32). The Hall–Kier alpha value is -2.91. The molecule has 1 amide bonds. The van der Waals surface area contributed by atoms with Crippen LogP contribution in [-0.4, -0.2) is 22.7 Å². The van der Waals surface area contributed by atoms with E-state index in [1.165, 1.54) is 12.1 Å². The van der Waals surface area contributed by atoms with Gasteiger partial charge in [-0.25, -0.2) is 0 Å². The molecule has 3 rings (SSSR count). The van der Waals surface area contributed by atoms with Crippen molar-refractivity contribution in [2.45, 2.75) is 45.1 Å². The van der Waals surface area contributed by atoms with Crippen LogP contribution in [0.3, 0.4) is 0 Å². The fourth-order valence-corrected chi connectivity index (χ4v) is 3.71. The van der Waals surface area contributed by atoms with Crippen molar-refractivity contribution < 1.29 is 35.9 Å². The van der Waals surface area contributed by atoms with Crippen LogP contribution >= 0.6 is 0 Å². The molecule has 0 aliphatic heterocycles. The topological polar surface area (TPSA) is 59.1 Å². The van der Waals surface area contributed by atoms with Crippen LogP contribution in [0.4, 0.5) is 26.3 Å². The zero-order valence-corrected chi connectivity index (χ0v) is 17.1. The Morgan fingerprint density at radius 2 is 1.53 bits per heavy atom. The highest BCUT2D eigenvalue weighted by Crippen LogP contribution is 2.44. The van der Waals surface area contributed by atoms with Gasteiger partial charge in [-0.2, -0.15) is 26.3 Å². The van der Waals surface area contributed by atoms with E-state index < -0.39 is 40.6 Å². The summed E-state index contributed by atoms with van der Waals surface area (Å²) >= 11 is 0. The van der Waals surface area contributed by atoms with Crippen LogP contribution in [0.5, 0.6) is 0 Å². The van der Waals surface area contributed by atoms with Gasteiger partial charge >= 0.3 is 12.4 Å². The minimum Gasteiger partial charge on any atom is -0.348 e. The Labute approximate surface area is 180 Å². The van der Waals surface area contributed by atoms with E-state index in [4.69, 9.17) is 0 Å². The van der Waals surface area contributed by atoms with Crippen LogP contribution < -0.4 is 5.32 Å². The summed E-state index contributed by atoms with van der Waals surface area (Å²) in [6, 6.07) is 5.26. The highest BCUT2D eigenvalue weighted by molar-refractivity contribution is 6.00. The van der Waals surface area contributed by atoms with Crippen molar-refractivity contribution in [3.63, 3.8) is 0 Å². The Balaban J connectivity index is 1.63. The lowest BCUT2D eigenvalue weighted by molar-refractivity contribution is -0.138. The Bertz CT molecular complexity index is 1020. The van der Waals surface area contributed by atoms with Gasteiger partial charge in [0, 0.05) is 23.2 Å². The van der Waals surface area contributed by atoms with E-state index in [-0.39, 0.29) is 23.2 Å². The third-order valence-electron chi connectivity index (χ3n) is 5.85. The molecule has 1 saturated carbocycles. The predicted molar refractivity (Wildman–Crippen MR) is 103 cm³/mol. The van der Waals surface area contributed by atoms with E-state index in [9.17, 15) is 35.9 Å². The lowest BCUT2D eigenvalue weighted by Crippen LogP contribution is -2.50. The molecule has 2 aromatic rings. The number of hydrogen-bond acceptors (Lipinski definition) is 3. The zero-order valence-electron chi connectivity index (χ0n) is 17.1. The van der Waals surface area contributed by atoms with E-state index in [2.05, 4.69) is 10.3 Å². The summed E-state index contributed by atoms with van der Waals surface area (Å²) in [5.74, 6) is -1.43. The SMILES string of the molecule is CC(C)(C(=O)c1cccc(C(F)(F)F)c1)C1CC(NC(=O)c2cc(C(F)(F)F)ccn2)C1. The molecule has 1 aliphatic rings. The number of benzene rings is 1. The number of hydrogen-bond donors (Lipinski definition) is 1. The van der Waals surface area contributed by atoms with E-state index in [0.29, 0.717) is 18.9 Å². The van der Waals surface area contributed by atoms with Crippen LogP contribution in [0.15, 0.2) is 42.6 Å². The second-order valence-corrected chi connectivity index (χ2v) is 8.40. The van der Waals surface area contributed by atoms with Crippen molar-refractivity contribution in [1.82, 2.24) is 10.3 Å². The van der Waals surface area contributed by atoms with Gasteiger partial charge in [0.25, 0.3) is 5.91 Å². The number of halogens is 6. The second kappa shape index (κ2) is 8.22. The number of carbonyl (C=O) groups is 2. The number of alkyl halides is 6. The zero-order chi connectivity index (χ0) is 23.9. The van der Waals surface area contributed by atoms with Crippen molar-refractivity contribution in [2.24, 2.45) is 11.3 Å². The molecule has 0 bridgehead atoms. The summed E-state index contributed by atoms with van der Waals surface area (Å²) < 4.78 is 77.3. The van der Waals surface area contributed by atoms with E-state index in [0.717, 1.165) is 24.4 Å². The molecule has 1 heterocycles. The molecule has 4 nitrogen and oxygen atoms in total. The first-order chi connectivity index (χ1) is 14.7. The second-order valence-electron chi connectivity index (χ2n) is 8.40. The highest BCUT2D eigenvalue weighted by atomic mass is 19.4. The Morgan fingerprint density at radius 3 is 2.12 bits per heavy atom. The smallest absolute Gasteiger partial charge is 0.348 e. The first kappa shape index (κ1) is 23.7. The molecule has 1 aromatic carbocycles. The molecule has 0 atom stereocenters. The Morgan fingerprint density at radius 1 is 0.938 bits per heavy atom. The fraction of sp³-hybridized carbons (Fsp3) is 0.409. The number of ketones is 1. The van der Waals surface area contributed by atoms with E-state index in [1.54, 1.807) is 13.8 Å². The van der Waals surface area contributed by atoms with Crippen molar-refractivity contribution in [3.8, 4) is 0 Å². The molecule has 0 spiro atoms. The molecule has 1 aromatic heterocycles. The quantitative estimate of drug-likeness (QED) is 0.473. The fourth-order valence-electron chi connectivity index (χ4n) is 3.71. The van der Waals surface area contributed by atoms with Gasteiger partial charge in [-0.15, -0.1) is 0 Å².